The van der Waals surface area contributed by atoms with Crippen LogP contribution in [-0.2, 0) is 6.54 Å². The van der Waals surface area contributed by atoms with Gasteiger partial charge in [-0.2, -0.15) is 10.2 Å². The van der Waals surface area contributed by atoms with Crippen LogP contribution in [-0.4, -0.2) is 52.6 Å². The Morgan fingerprint density at radius 1 is 0.929 bits per heavy atom. The van der Waals surface area contributed by atoms with Gasteiger partial charge in [0.25, 0.3) is 0 Å². The summed E-state index contributed by atoms with van der Waals surface area (Å²) in [5.41, 5.74) is 16.6. The molecule has 6 rings (SSSR count). The van der Waals surface area contributed by atoms with E-state index in [1.807, 2.05) is 61.0 Å². The molecule has 2 aromatic carbocycles. The first kappa shape index (κ1) is 27.2. The third kappa shape index (κ3) is 5.23. The molecule has 5 N–H and O–H groups in total. The lowest BCUT2D eigenvalue weighted by molar-refractivity contribution is 0.241. The van der Waals surface area contributed by atoms with E-state index in [1.54, 1.807) is 0 Å². The highest BCUT2D eigenvalue weighted by Crippen LogP contribution is 2.35. The molecule has 0 saturated heterocycles. The quantitative estimate of drug-likeness (QED) is 0.207. The molecular weight excluding hydrogens is 556 g/mol. The van der Waals surface area contributed by atoms with Crippen molar-refractivity contribution >= 4 is 45.3 Å². The molecule has 0 spiro atoms. The molecule has 1 atom stereocenters. The highest BCUT2D eigenvalue weighted by atomic mass is 35.5. The van der Waals surface area contributed by atoms with Crippen molar-refractivity contribution in [3.8, 4) is 34.0 Å². The predicted octanol–water partition coefficient (Wildman–Crippen LogP) is 5.15. The number of nitrogen functional groups attached to an aromatic ring is 2. The number of ether oxygens (including phenoxy) is 2. The van der Waals surface area contributed by atoms with Crippen LogP contribution in [0.25, 0.3) is 44.6 Å². The second kappa shape index (κ2) is 11.1. The van der Waals surface area contributed by atoms with Crippen molar-refractivity contribution in [1.82, 2.24) is 39.9 Å². The van der Waals surface area contributed by atoms with E-state index < -0.39 is 0 Å². The van der Waals surface area contributed by atoms with Crippen LogP contribution in [0.15, 0.2) is 55.1 Å². The highest BCUT2D eigenvalue weighted by molar-refractivity contribution is 6.32. The Bertz CT molecular complexity index is 1900. The van der Waals surface area contributed by atoms with E-state index in [-0.39, 0.29) is 12.0 Å². The van der Waals surface area contributed by atoms with Gasteiger partial charge in [0, 0.05) is 23.6 Å². The molecule has 0 aliphatic heterocycles. The summed E-state index contributed by atoms with van der Waals surface area (Å²) in [6.45, 7) is 6.95. The summed E-state index contributed by atoms with van der Waals surface area (Å²) in [5, 5.41) is 14.0. The number of aromatic nitrogens is 8. The van der Waals surface area contributed by atoms with Gasteiger partial charge in [0.1, 0.15) is 41.5 Å². The van der Waals surface area contributed by atoms with Crippen molar-refractivity contribution in [1.29, 1.82) is 0 Å². The number of hydrogen-bond acceptors (Lipinski definition) is 10. The predicted molar refractivity (Wildman–Crippen MR) is 162 cm³/mol. The first-order chi connectivity index (χ1) is 20.3. The molecule has 0 saturated carbocycles. The third-order valence-corrected chi connectivity index (χ3v) is 6.94. The van der Waals surface area contributed by atoms with E-state index in [0.29, 0.717) is 69.1 Å². The Morgan fingerprint density at radius 2 is 1.71 bits per heavy atom. The zero-order valence-electron chi connectivity index (χ0n) is 23.2. The molecule has 1 unspecified atom stereocenters. The number of hydrogen-bond donors (Lipinski definition) is 3. The molecule has 12 nitrogen and oxygen atoms in total. The molecule has 214 valence electrons. The molecule has 42 heavy (non-hydrogen) atoms. The number of rotatable bonds is 9. The topological polar surface area (TPSA) is 169 Å². The van der Waals surface area contributed by atoms with Crippen molar-refractivity contribution in [3.05, 3.63) is 60.1 Å². The fourth-order valence-electron chi connectivity index (χ4n) is 4.77. The number of H-pyrrole nitrogens is 1. The molecule has 4 aromatic heterocycles. The van der Waals surface area contributed by atoms with Crippen LogP contribution >= 0.6 is 11.6 Å². The van der Waals surface area contributed by atoms with Gasteiger partial charge in [-0.1, -0.05) is 30.7 Å². The zero-order chi connectivity index (χ0) is 29.4. The third-order valence-electron chi connectivity index (χ3n) is 6.65. The summed E-state index contributed by atoms with van der Waals surface area (Å²) in [6.07, 6.45) is 2.83. The number of fused-ring (bicyclic) bond motifs is 2. The van der Waals surface area contributed by atoms with Crippen molar-refractivity contribution in [2.24, 2.45) is 5.92 Å². The lowest BCUT2D eigenvalue weighted by atomic mass is 10.1. The Hall–Kier alpha value is -4.97. The fourth-order valence-corrected chi connectivity index (χ4v) is 5.00. The maximum Gasteiger partial charge on any atom is 0.186 e. The average Bonchev–Trinajstić information content (AvgIpc) is 3.57. The minimum atomic E-state index is 0.00220. The van der Waals surface area contributed by atoms with Gasteiger partial charge in [0.15, 0.2) is 11.3 Å². The largest absolute Gasteiger partial charge is 0.493 e. The number of halogens is 1. The summed E-state index contributed by atoms with van der Waals surface area (Å²) >= 11 is 6.53. The van der Waals surface area contributed by atoms with Gasteiger partial charge >= 0.3 is 0 Å². The fraction of sp³-hybridized carbons (Fsp3) is 0.241. The van der Waals surface area contributed by atoms with E-state index >= 15 is 0 Å². The summed E-state index contributed by atoms with van der Waals surface area (Å²) in [4.78, 5) is 17.0. The minimum Gasteiger partial charge on any atom is -0.493 e. The van der Waals surface area contributed by atoms with Gasteiger partial charge < -0.3 is 20.9 Å². The van der Waals surface area contributed by atoms with Gasteiger partial charge in [0.2, 0.25) is 0 Å². The minimum absolute atomic E-state index is 0.00220. The van der Waals surface area contributed by atoms with Crippen molar-refractivity contribution in [3.63, 3.8) is 0 Å². The summed E-state index contributed by atoms with van der Waals surface area (Å²) in [6, 6.07) is 13.3. The smallest absolute Gasteiger partial charge is 0.186 e. The van der Waals surface area contributed by atoms with Crippen molar-refractivity contribution in [2.75, 3.05) is 18.1 Å². The maximum absolute atomic E-state index is 6.53. The summed E-state index contributed by atoms with van der Waals surface area (Å²) < 4.78 is 13.8. The maximum atomic E-state index is 6.53. The van der Waals surface area contributed by atoms with Crippen molar-refractivity contribution in [2.45, 2.75) is 33.4 Å². The van der Waals surface area contributed by atoms with Gasteiger partial charge in [-0.3, -0.25) is 5.10 Å². The summed E-state index contributed by atoms with van der Waals surface area (Å²) in [5.74, 6) is 2.09. The first-order valence-corrected chi connectivity index (χ1v) is 13.8. The van der Waals surface area contributed by atoms with E-state index in [1.165, 1.54) is 12.7 Å². The van der Waals surface area contributed by atoms with Gasteiger partial charge in [-0.25, -0.2) is 24.6 Å². The highest BCUT2D eigenvalue weighted by Gasteiger charge is 2.20. The van der Waals surface area contributed by atoms with E-state index in [9.17, 15) is 0 Å². The molecule has 0 aliphatic carbocycles. The van der Waals surface area contributed by atoms with Crippen LogP contribution in [0.4, 0.5) is 11.6 Å². The van der Waals surface area contributed by atoms with Crippen LogP contribution in [0.5, 0.6) is 11.5 Å². The van der Waals surface area contributed by atoms with E-state index in [2.05, 4.69) is 37.1 Å². The second-order valence-corrected chi connectivity index (χ2v) is 10.7. The molecule has 0 radical (unpaired) electrons. The number of nitrogens with one attached hydrogen (secondary N) is 1. The molecular formula is C29H29ClN10O2. The summed E-state index contributed by atoms with van der Waals surface area (Å²) in [7, 11) is 0. The second-order valence-electron chi connectivity index (χ2n) is 10.3. The lowest BCUT2D eigenvalue weighted by Gasteiger charge is -2.14. The van der Waals surface area contributed by atoms with Gasteiger partial charge in [-0.05, 0) is 44.2 Å². The Kier molecular flexibility index (Phi) is 7.21. The Labute approximate surface area is 246 Å². The lowest BCUT2D eigenvalue weighted by Crippen LogP contribution is -2.16. The molecule has 0 aliphatic rings. The Morgan fingerprint density at radius 3 is 2.50 bits per heavy atom. The number of anilines is 2. The molecule has 13 heteroatoms. The molecule has 0 fully saturated rings. The van der Waals surface area contributed by atoms with Crippen LogP contribution in [0.1, 0.15) is 20.8 Å². The molecule has 0 bridgehead atoms. The van der Waals surface area contributed by atoms with Crippen LogP contribution in [0.2, 0.25) is 5.02 Å². The molecule has 0 amide bonds. The molecule has 6 aromatic rings. The number of benzene rings is 2. The monoisotopic (exact) mass is 584 g/mol. The molecule has 4 heterocycles. The SMILES string of the molecule is CC(COc1cccc(-c2[nH]nc3ncnc(N)c23)c1)Cn1nc(-c2ccc(OC(C)C)c(Cl)c2)c2c(N)ncnc21. The van der Waals surface area contributed by atoms with E-state index in [4.69, 9.17) is 37.6 Å². The normalized spacial score (nSPS) is 12.3. The van der Waals surface area contributed by atoms with Crippen LogP contribution < -0.4 is 20.9 Å². The van der Waals surface area contributed by atoms with Gasteiger partial charge in [0.05, 0.1) is 34.2 Å². The first-order valence-electron chi connectivity index (χ1n) is 13.4. The number of aromatic amines is 1. The van der Waals surface area contributed by atoms with E-state index in [0.717, 1.165) is 16.8 Å². The Balaban J connectivity index is 1.22. The zero-order valence-corrected chi connectivity index (χ0v) is 24.0. The number of nitrogens with two attached hydrogens (primary N) is 2. The van der Waals surface area contributed by atoms with Crippen molar-refractivity contribution < 1.29 is 9.47 Å². The van der Waals surface area contributed by atoms with Gasteiger partial charge in [-0.15, -0.1) is 0 Å². The average molecular weight is 585 g/mol. The number of nitrogens with zero attached hydrogens (tertiary/aromatic N) is 7. The van der Waals surface area contributed by atoms with Crippen LogP contribution in [0.3, 0.4) is 0 Å². The van der Waals surface area contributed by atoms with Crippen LogP contribution in [0, 0.1) is 5.92 Å². The standard InChI is InChI=1S/C29H29ClN10O2/c1-15(2)42-21-8-7-18(10-20(21)30)25-23-27(32)34-14-36-29(23)40(39-25)11-16(3)12-41-19-6-4-5-17(9-19)24-22-26(31)33-13-35-28(22)38-37-24/h4-10,13-16H,11-12H2,1-3H3,(H2,32,34,36)(H3,31,33,35,37,38).